The summed E-state index contributed by atoms with van der Waals surface area (Å²) in [7, 11) is 0. The van der Waals surface area contributed by atoms with Crippen LogP contribution in [0.2, 0.25) is 0 Å². The van der Waals surface area contributed by atoms with E-state index in [0.717, 1.165) is 5.01 Å². The van der Waals surface area contributed by atoms with Crippen LogP contribution >= 0.6 is 11.3 Å². The third-order valence-corrected chi connectivity index (χ3v) is 3.18. The molecule has 0 amide bonds. The van der Waals surface area contributed by atoms with Crippen LogP contribution in [0.4, 0.5) is 0 Å². The van der Waals surface area contributed by atoms with Crippen LogP contribution in [0.3, 0.4) is 0 Å². The molecule has 0 radical (unpaired) electrons. The number of nitrogens with zero attached hydrogens (tertiary/aromatic N) is 1. The Kier molecular flexibility index (Phi) is 2.61. The first kappa shape index (κ1) is 10.4. The van der Waals surface area contributed by atoms with Crippen LogP contribution in [0.1, 0.15) is 26.5 Å². The van der Waals surface area contributed by atoms with Crippen molar-refractivity contribution in [3.8, 4) is 10.6 Å². The molecule has 2 heteroatoms. The monoisotopic (exact) mass is 217 g/mol. The van der Waals surface area contributed by atoms with E-state index in [4.69, 9.17) is 0 Å². The summed E-state index contributed by atoms with van der Waals surface area (Å²) in [4.78, 5) is 4.67. The molecule has 1 aromatic carbocycles. The molecule has 2 rings (SSSR count). The highest BCUT2D eigenvalue weighted by Gasteiger charge is 2.17. The average molecular weight is 217 g/mol. The summed E-state index contributed by atoms with van der Waals surface area (Å²) in [5.74, 6) is 0. The molecular formula is C13H15NS. The van der Waals surface area contributed by atoms with Gasteiger partial charge in [-0.1, -0.05) is 51.1 Å². The Morgan fingerprint density at radius 2 is 1.73 bits per heavy atom. The van der Waals surface area contributed by atoms with Crippen molar-refractivity contribution in [2.45, 2.75) is 26.2 Å². The Hall–Kier alpha value is -1.15. The molecule has 0 aliphatic carbocycles. The molecule has 1 aromatic heterocycles. The van der Waals surface area contributed by atoms with E-state index in [1.807, 2.05) is 18.2 Å². The minimum atomic E-state index is 0.142. The van der Waals surface area contributed by atoms with Crippen LogP contribution in [-0.4, -0.2) is 4.98 Å². The SMILES string of the molecule is CC(C)(C)c1csc(-c2ccccc2)n1. The normalized spacial score (nSPS) is 11.7. The first-order valence-corrected chi connectivity index (χ1v) is 5.97. The van der Waals surface area contributed by atoms with Crippen molar-refractivity contribution >= 4 is 11.3 Å². The van der Waals surface area contributed by atoms with Crippen LogP contribution in [0, 0.1) is 0 Å². The van der Waals surface area contributed by atoms with Gasteiger partial charge in [0.15, 0.2) is 0 Å². The van der Waals surface area contributed by atoms with Crippen LogP contribution in [0.5, 0.6) is 0 Å². The average Bonchev–Trinajstić information content (AvgIpc) is 2.67. The van der Waals surface area contributed by atoms with Crippen LogP contribution < -0.4 is 0 Å². The standard InChI is InChI=1S/C13H15NS/c1-13(2,3)11-9-15-12(14-11)10-7-5-4-6-8-10/h4-9H,1-3H3. The third kappa shape index (κ3) is 2.26. The van der Waals surface area contributed by atoms with Crippen molar-refractivity contribution < 1.29 is 0 Å². The Balaban J connectivity index is 2.37. The number of aromatic nitrogens is 1. The minimum Gasteiger partial charge on any atom is -0.241 e. The molecule has 15 heavy (non-hydrogen) atoms. The van der Waals surface area contributed by atoms with E-state index in [1.165, 1.54) is 11.3 Å². The highest BCUT2D eigenvalue weighted by Crippen LogP contribution is 2.29. The molecule has 0 fully saturated rings. The lowest BCUT2D eigenvalue weighted by molar-refractivity contribution is 0.573. The summed E-state index contributed by atoms with van der Waals surface area (Å²) >= 11 is 1.72. The van der Waals surface area contributed by atoms with Gasteiger partial charge in [-0.15, -0.1) is 11.3 Å². The minimum absolute atomic E-state index is 0.142. The first-order chi connectivity index (χ1) is 7.07. The second-order valence-electron chi connectivity index (χ2n) is 4.65. The van der Waals surface area contributed by atoms with Crippen molar-refractivity contribution in [2.75, 3.05) is 0 Å². The smallest absolute Gasteiger partial charge is 0.123 e. The van der Waals surface area contributed by atoms with Crippen molar-refractivity contribution in [3.63, 3.8) is 0 Å². The Labute approximate surface area is 94.8 Å². The zero-order chi connectivity index (χ0) is 10.9. The van der Waals surface area contributed by atoms with E-state index in [1.54, 1.807) is 11.3 Å². The molecule has 0 unspecified atom stereocenters. The van der Waals surface area contributed by atoms with E-state index < -0.39 is 0 Å². The molecule has 1 heterocycles. The van der Waals surface area contributed by atoms with E-state index in [-0.39, 0.29) is 5.41 Å². The fraction of sp³-hybridized carbons (Fsp3) is 0.308. The van der Waals surface area contributed by atoms with Crippen molar-refractivity contribution in [1.82, 2.24) is 4.98 Å². The molecule has 0 atom stereocenters. The molecular weight excluding hydrogens is 202 g/mol. The van der Waals surface area contributed by atoms with Gasteiger partial charge >= 0.3 is 0 Å². The van der Waals surface area contributed by atoms with Gasteiger partial charge in [-0.25, -0.2) is 4.98 Å². The van der Waals surface area contributed by atoms with Gasteiger partial charge in [-0.3, -0.25) is 0 Å². The molecule has 1 nitrogen and oxygen atoms in total. The molecule has 0 saturated carbocycles. The zero-order valence-corrected chi connectivity index (χ0v) is 10.1. The fourth-order valence-corrected chi connectivity index (χ4v) is 2.38. The number of thiazole rings is 1. The molecule has 0 aliphatic rings. The number of rotatable bonds is 1. The molecule has 0 aliphatic heterocycles. The Bertz CT molecular complexity index is 437. The van der Waals surface area contributed by atoms with Crippen molar-refractivity contribution in [3.05, 3.63) is 41.4 Å². The highest BCUT2D eigenvalue weighted by molar-refractivity contribution is 7.13. The summed E-state index contributed by atoms with van der Waals surface area (Å²) in [6.45, 7) is 6.57. The van der Waals surface area contributed by atoms with Gasteiger partial charge in [0.1, 0.15) is 5.01 Å². The van der Waals surface area contributed by atoms with E-state index in [2.05, 4.69) is 43.3 Å². The highest BCUT2D eigenvalue weighted by atomic mass is 32.1. The molecule has 78 valence electrons. The molecule has 0 N–H and O–H groups in total. The van der Waals surface area contributed by atoms with Gasteiger partial charge in [0, 0.05) is 16.4 Å². The lowest BCUT2D eigenvalue weighted by Crippen LogP contribution is -2.11. The Morgan fingerprint density at radius 3 is 2.27 bits per heavy atom. The van der Waals surface area contributed by atoms with Crippen molar-refractivity contribution in [1.29, 1.82) is 0 Å². The summed E-state index contributed by atoms with van der Waals surface area (Å²) in [5.41, 5.74) is 2.52. The maximum atomic E-state index is 4.67. The van der Waals surface area contributed by atoms with Gasteiger partial charge < -0.3 is 0 Å². The van der Waals surface area contributed by atoms with E-state index >= 15 is 0 Å². The topological polar surface area (TPSA) is 12.9 Å². The number of hydrogen-bond donors (Lipinski definition) is 0. The molecule has 0 saturated heterocycles. The quantitative estimate of drug-likeness (QED) is 0.700. The van der Waals surface area contributed by atoms with Crippen LogP contribution in [-0.2, 0) is 5.41 Å². The predicted octanol–water partition coefficient (Wildman–Crippen LogP) is 4.11. The number of hydrogen-bond acceptors (Lipinski definition) is 2. The lowest BCUT2D eigenvalue weighted by Gasteiger charge is -2.14. The third-order valence-electron chi connectivity index (χ3n) is 2.29. The largest absolute Gasteiger partial charge is 0.241 e. The van der Waals surface area contributed by atoms with Gasteiger partial charge in [0.2, 0.25) is 0 Å². The van der Waals surface area contributed by atoms with Crippen LogP contribution in [0.15, 0.2) is 35.7 Å². The number of benzene rings is 1. The summed E-state index contributed by atoms with van der Waals surface area (Å²) < 4.78 is 0. The Morgan fingerprint density at radius 1 is 1.07 bits per heavy atom. The van der Waals surface area contributed by atoms with Gasteiger partial charge in [0.05, 0.1) is 5.69 Å². The zero-order valence-electron chi connectivity index (χ0n) is 9.32. The summed E-state index contributed by atoms with van der Waals surface area (Å²) in [6, 6.07) is 10.3. The second kappa shape index (κ2) is 3.78. The maximum absolute atomic E-state index is 4.67. The maximum Gasteiger partial charge on any atom is 0.123 e. The summed E-state index contributed by atoms with van der Waals surface area (Å²) in [5, 5.41) is 3.27. The van der Waals surface area contributed by atoms with Gasteiger partial charge in [-0.05, 0) is 0 Å². The van der Waals surface area contributed by atoms with Crippen LogP contribution in [0.25, 0.3) is 10.6 Å². The van der Waals surface area contributed by atoms with E-state index in [0.29, 0.717) is 0 Å². The molecule has 2 aromatic rings. The predicted molar refractivity (Wildman–Crippen MR) is 66.3 cm³/mol. The molecule has 0 spiro atoms. The van der Waals surface area contributed by atoms with E-state index in [9.17, 15) is 0 Å². The van der Waals surface area contributed by atoms with Gasteiger partial charge in [-0.2, -0.15) is 0 Å². The summed E-state index contributed by atoms with van der Waals surface area (Å²) in [6.07, 6.45) is 0. The lowest BCUT2D eigenvalue weighted by atomic mass is 9.93. The second-order valence-corrected chi connectivity index (χ2v) is 5.51. The van der Waals surface area contributed by atoms with Crippen molar-refractivity contribution in [2.24, 2.45) is 0 Å². The first-order valence-electron chi connectivity index (χ1n) is 5.09. The van der Waals surface area contributed by atoms with Gasteiger partial charge in [0.25, 0.3) is 0 Å². The fourth-order valence-electron chi connectivity index (χ4n) is 1.33. The molecule has 0 bridgehead atoms.